The molecule has 4 N–H and O–H groups in total. The number of aromatic amines is 1. The van der Waals surface area contributed by atoms with E-state index in [9.17, 15) is 9.59 Å². The van der Waals surface area contributed by atoms with Gasteiger partial charge in [0.15, 0.2) is 5.69 Å². The number of aromatic nitrogens is 2. The zero-order valence-electron chi connectivity index (χ0n) is 13.8. The Balaban J connectivity index is 1.51. The summed E-state index contributed by atoms with van der Waals surface area (Å²) in [5.74, 6) is 0.0999. The fourth-order valence-corrected chi connectivity index (χ4v) is 3.05. The largest absolute Gasteiger partial charge is 0.350 e. The van der Waals surface area contributed by atoms with Crippen LogP contribution in [0.15, 0.2) is 24.3 Å². The monoisotopic (exact) mass is 329 g/mol. The van der Waals surface area contributed by atoms with Crippen LogP contribution in [0.5, 0.6) is 0 Å². The summed E-state index contributed by atoms with van der Waals surface area (Å²) in [5.41, 5.74) is 7.15. The molecule has 1 aromatic heterocycles. The molecule has 1 aromatic carbocycles. The Labute approximate surface area is 140 Å². The van der Waals surface area contributed by atoms with Crippen molar-refractivity contribution in [2.75, 3.05) is 19.6 Å². The van der Waals surface area contributed by atoms with E-state index in [2.05, 4.69) is 22.4 Å². The Morgan fingerprint density at radius 3 is 3.00 bits per heavy atom. The maximum atomic E-state index is 12.2. The molecule has 1 fully saturated rings. The Bertz CT molecular complexity index is 741. The van der Waals surface area contributed by atoms with Crippen LogP contribution in [-0.4, -0.2) is 52.6 Å². The summed E-state index contributed by atoms with van der Waals surface area (Å²) in [4.78, 5) is 26.3. The lowest BCUT2D eigenvalue weighted by atomic mass is 9.94. The molecule has 0 saturated carbocycles. The number of rotatable bonds is 4. The molecular weight excluding hydrogens is 306 g/mol. The molecule has 7 nitrogen and oxygen atoms in total. The first kappa shape index (κ1) is 16.4. The van der Waals surface area contributed by atoms with Gasteiger partial charge in [-0.3, -0.25) is 14.7 Å². The van der Waals surface area contributed by atoms with E-state index in [1.807, 2.05) is 29.2 Å². The van der Waals surface area contributed by atoms with Gasteiger partial charge in [0.25, 0.3) is 5.91 Å². The highest BCUT2D eigenvalue weighted by atomic mass is 16.2. The van der Waals surface area contributed by atoms with E-state index < -0.39 is 0 Å². The van der Waals surface area contributed by atoms with Crippen molar-refractivity contribution in [2.45, 2.75) is 25.8 Å². The number of likely N-dealkylation sites (tertiary alicyclic amines) is 1. The summed E-state index contributed by atoms with van der Waals surface area (Å²) in [6.07, 6.45) is 1.12. The highest BCUT2D eigenvalue weighted by molar-refractivity contribution is 6.04. The van der Waals surface area contributed by atoms with Crippen LogP contribution in [-0.2, 0) is 4.79 Å². The molecule has 2 heterocycles. The highest BCUT2D eigenvalue weighted by Crippen LogP contribution is 2.16. The molecule has 24 heavy (non-hydrogen) atoms. The van der Waals surface area contributed by atoms with E-state index in [1.54, 1.807) is 0 Å². The summed E-state index contributed by atoms with van der Waals surface area (Å²) in [5, 5.41) is 10.4. The standard InChI is InChI=1S/C17H23N5O2/c1-11-10-22(9-7-13(11)18)15(23)6-8-19-17(24)16-12-4-2-3-5-14(12)20-21-16/h2-5,11,13H,6-10,18H2,1H3,(H,19,24)(H,20,21). The number of fused-ring (bicyclic) bond motifs is 1. The number of hydrogen-bond donors (Lipinski definition) is 3. The predicted octanol–water partition coefficient (Wildman–Crippen LogP) is 0.878. The van der Waals surface area contributed by atoms with Crippen LogP contribution in [0, 0.1) is 5.92 Å². The molecule has 2 atom stereocenters. The highest BCUT2D eigenvalue weighted by Gasteiger charge is 2.26. The van der Waals surface area contributed by atoms with Crippen LogP contribution in [0.3, 0.4) is 0 Å². The Morgan fingerprint density at radius 2 is 2.21 bits per heavy atom. The van der Waals surface area contributed by atoms with Crippen molar-refractivity contribution in [1.29, 1.82) is 0 Å². The van der Waals surface area contributed by atoms with Crippen LogP contribution < -0.4 is 11.1 Å². The maximum Gasteiger partial charge on any atom is 0.272 e. The van der Waals surface area contributed by atoms with Gasteiger partial charge in [-0.05, 0) is 18.4 Å². The second-order valence-corrected chi connectivity index (χ2v) is 6.39. The van der Waals surface area contributed by atoms with Crippen LogP contribution in [0.2, 0.25) is 0 Å². The molecule has 3 rings (SSSR count). The number of carbonyl (C=O) groups is 2. The molecule has 1 saturated heterocycles. The smallest absolute Gasteiger partial charge is 0.272 e. The SMILES string of the molecule is CC1CN(C(=O)CCNC(=O)c2n[nH]c3ccccc23)CCC1N. The lowest BCUT2D eigenvalue weighted by molar-refractivity contribution is -0.132. The Morgan fingerprint density at radius 1 is 1.42 bits per heavy atom. The average molecular weight is 329 g/mol. The third kappa shape index (κ3) is 3.41. The zero-order valence-corrected chi connectivity index (χ0v) is 13.8. The molecule has 0 aliphatic carbocycles. The molecule has 128 valence electrons. The summed E-state index contributed by atoms with van der Waals surface area (Å²) >= 11 is 0. The Hall–Kier alpha value is -2.41. The summed E-state index contributed by atoms with van der Waals surface area (Å²) in [7, 11) is 0. The van der Waals surface area contributed by atoms with Crippen molar-refractivity contribution >= 4 is 22.7 Å². The number of para-hydroxylation sites is 1. The van der Waals surface area contributed by atoms with Gasteiger partial charge in [0, 0.05) is 37.5 Å². The number of benzene rings is 1. The second kappa shape index (κ2) is 7.00. The van der Waals surface area contributed by atoms with Crippen LogP contribution in [0.1, 0.15) is 30.3 Å². The lowest BCUT2D eigenvalue weighted by Gasteiger charge is -2.35. The minimum Gasteiger partial charge on any atom is -0.350 e. The van der Waals surface area contributed by atoms with Gasteiger partial charge in [0.2, 0.25) is 5.91 Å². The van der Waals surface area contributed by atoms with Crippen molar-refractivity contribution < 1.29 is 9.59 Å². The van der Waals surface area contributed by atoms with E-state index in [0.29, 0.717) is 31.2 Å². The minimum atomic E-state index is -0.269. The first-order valence-corrected chi connectivity index (χ1v) is 8.31. The van der Waals surface area contributed by atoms with Crippen molar-refractivity contribution in [3.63, 3.8) is 0 Å². The van der Waals surface area contributed by atoms with Gasteiger partial charge in [0.05, 0.1) is 5.52 Å². The van der Waals surface area contributed by atoms with Crippen LogP contribution >= 0.6 is 0 Å². The minimum absolute atomic E-state index is 0.0564. The Kier molecular flexibility index (Phi) is 4.80. The van der Waals surface area contributed by atoms with E-state index in [4.69, 9.17) is 5.73 Å². The van der Waals surface area contributed by atoms with E-state index in [0.717, 1.165) is 17.3 Å². The molecule has 0 radical (unpaired) electrons. The van der Waals surface area contributed by atoms with Crippen molar-refractivity contribution in [3.05, 3.63) is 30.0 Å². The average Bonchev–Trinajstić information content (AvgIpc) is 3.01. The van der Waals surface area contributed by atoms with Gasteiger partial charge in [-0.1, -0.05) is 25.1 Å². The normalized spacial score (nSPS) is 21.0. The number of carbonyl (C=O) groups excluding carboxylic acids is 2. The van der Waals surface area contributed by atoms with Gasteiger partial charge >= 0.3 is 0 Å². The number of nitrogens with two attached hydrogens (primary N) is 1. The van der Waals surface area contributed by atoms with Crippen LogP contribution in [0.4, 0.5) is 0 Å². The van der Waals surface area contributed by atoms with Gasteiger partial charge in [0.1, 0.15) is 0 Å². The summed E-state index contributed by atoms with van der Waals surface area (Å²) < 4.78 is 0. The molecule has 2 unspecified atom stereocenters. The molecule has 0 bridgehead atoms. The molecule has 0 spiro atoms. The molecular formula is C17H23N5O2. The number of hydrogen-bond acceptors (Lipinski definition) is 4. The molecule has 2 amide bonds. The first-order valence-electron chi connectivity index (χ1n) is 8.31. The molecule has 1 aliphatic rings. The summed E-state index contributed by atoms with van der Waals surface area (Å²) in [6.45, 7) is 3.75. The fourth-order valence-electron chi connectivity index (χ4n) is 3.05. The topological polar surface area (TPSA) is 104 Å². The fraction of sp³-hybridized carbons (Fsp3) is 0.471. The third-order valence-electron chi connectivity index (χ3n) is 4.63. The van der Waals surface area contributed by atoms with Gasteiger partial charge in [-0.25, -0.2) is 0 Å². The third-order valence-corrected chi connectivity index (χ3v) is 4.63. The molecule has 1 aliphatic heterocycles. The number of H-pyrrole nitrogens is 1. The van der Waals surface area contributed by atoms with E-state index in [-0.39, 0.29) is 24.3 Å². The lowest BCUT2D eigenvalue weighted by Crippen LogP contribution is -2.48. The van der Waals surface area contributed by atoms with E-state index >= 15 is 0 Å². The zero-order chi connectivity index (χ0) is 17.1. The van der Waals surface area contributed by atoms with Gasteiger partial charge in [-0.2, -0.15) is 5.10 Å². The number of nitrogens with one attached hydrogen (secondary N) is 2. The van der Waals surface area contributed by atoms with Gasteiger partial charge in [-0.15, -0.1) is 0 Å². The van der Waals surface area contributed by atoms with Crippen molar-refractivity contribution in [2.24, 2.45) is 11.7 Å². The molecule has 2 aromatic rings. The van der Waals surface area contributed by atoms with Crippen molar-refractivity contribution in [3.8, 4) is 0 Å². The van der Waals surface area contributed by atoms with E-state index in [1.165, 1.54) is 0 Å². The quantitative estimate of drug-likeness (QED) is 0.774. The van der Waals surface area contributed by atoms with Crippen molar-refractivity contribution in [1.82, 2.24) is 20.4 Å². The first-order chi connectivity index (χ1) is 11.6. The number of nitrogens with zero attached hydrogens (tertiary/aromatic N) is 2. The van der Waals surface area contributed by atoms with Crippen LogP contribution in [0.25, 0.3) is 10.9 Å². The van der Waals surface area contributed by atoms with Gasteiger partial charge < -0.3 is 16.0 Å². The second-order valence-electron chi connectivity index (χ2n) is 6.39. The number of amides is 2. The predicted molar refractivity (Wildman–Crippen MR) is 91.4 cm³/mol. The molecule has 7 heteroatoms. The summed E-state index contributed by atoms with van der Waals surface area (Å²) in [6, 6.07) is 7.62. The number of piperidine rings is 1. The maximum absolute atomic E-state index is 12.2.